The standard InChI is InChI=1S/C15H24N2O6/c1-6-10(18)16-17-12-11-9(21-14(4,5)22-11)7-19-15(12)8-20-13(2,3)23-15/h9,11H,6-8H2,1-5H3,(H,16,18)/b17-12-/t9-,11-,15-/m1/s1. The Morgan fingerprint density at radius 3 is 2.57 bits per heavy atom. The predicted molar refractivity (Wildman–Crippen MR) is 79.5 cm³/mol. The third-order valence-corrected chi connectivity index (χ3v) is 3.97. The molecule has 0 aliphatic carbocycles. The van der Waals surface area contributed by atoms with Crippen LogP contribution in [0.3, 0.4) is 0 Å². The fraction of sp³-hybridized carbons (Fsp3) is 0.867. The summed E-state index contributed by atoms with van der Waals surface area (Å²) in [5, 5.41) is 4.25. The van der Waals surface area contributed by atoms with Crippen molar-refractivity contribution in [3.63, 3.8) is 0 Å². The molecule has 0 radical (unpaired) electrons. The zero-order valence-corrected chi connectivity index (χ0v) is 14.2. The van der Waals surface area contributed by atoms with Crippen LogP contribution in [0.1, 0.15) is 41.0 Å². The van der Waals surface area contributed by atoms with Crippen molar-refractivity contribution < 1.29 is 28.5 Å². The van der Waals surface area contributed by atoms with Gasteiger partial charge in [0.1, 0.15) is 24.5 Å². The Balaban J connectivity index is 1.92. The van der Waals surface area contributed by atoms with Gasteiger partial charge in [-0.05, 0) is 27.7 Å². The first-order valence-electron chi connectivity index (χ1n) is 7.87. The van der Waals surface area contributed by atoms with Crippen LogP contribution in [0.25, 0.3) is 0 Å². The Kier molecular flexibility index (Phi) is 4.01. The number of carbonyl (C=O) groups excluding carboxylic acids is 1. The van der Waals surface area contributed by atoms with Crippen LogP contribution in [0.4, 0.5) is 0 Å². The van der Waals surface area contributed by atoms with E-state index in [-0.39, 0.29) is 18.6 Å². The minimum Gasteiger partial charge on any atom is -0.344 e. The number of hydrogen-bond acceptors (Lipinski definition) is 7. The monoisotopic (exact) mass is 328 g/mol. The quantitative estimate of drug-likeness (QED) is 0.758. The molecule has 1 spiro atoms. The summed E-state index contributed by atoms with van der Waals surface area (Å²) in [4.78, 5) is 11.6. The van der Waals surface area contributed by atoms with Gasteiger partial charge in [-0.25, -0.2) is 5.43 Å². The van der Waals surface area contributed by atoms with Crippen molar-refractivity contribution in [2.24, 2.45) is 5.10 Å². The molecule has 3 rings (SSSR count). The topological polar surface area (TPSA) is 87.6 Å². The van der Waals surface area contributed by atoms with Gasteiger partial charge in [-0.2, -0.15) is 5.10 Å². The molecule has 3 fully saturated rings. The second kappa shape index (κ2) is 5.49. The summed E-state index contributed by atoms with van der Waals surface area (Å²) in [6.45, 7) is 9.49. The molecule has 8 heteroatoms. The molecule has 0 aromatic carbocycles. The first-order chi connectivity index (χ1) is 10.7. The number of rotatable bonds is 2. The molecule has 0 bridgehead atoms. The summed E-state index contributed by atoms with van der Waals surface area (Å²) >= 11 is 0. The van der Waals surface area contributed by atoms with Gasteiger partial charge in [0.15, 0.2) is 11.6 Å². The molecule has 0 aromatic rings. The highest BCUT2D eigenvalue weighted by Crippen LogP contribution is 2.42. The minimum absolute atomic E-state index is 0.174. The van der Waals surface area contributed by atoms with Gasteiger partial charge < -0.3 is 23.7 Å². The molecule has 1 N–H and O–H groups in total. The number of hydrazone groups is 1. The number of fused-ring (bicyclic) bond motifs is 1. The number of nitrogens with zero attached hydrogens (tertiary/aromatic N) is 1. The van der Waals surface area contributed by atoms with Crippen LogP contribution in [0, 0.1) is 0 Å². The van der Waals surface area contributed by atoms with Gasteiger partial charge in [-0.3, -0.25) is 4.79 Å². The normalized spacial score (nSPS) is 39.6. The third kappa shape index (κ3) is 3.14. The van der Waals surface area contributed by atoms with Crippen molar-refractivity contribution in [3.05, 3.63) is 0 Å². The van der Waals surface area contributed by atoms with Gasteiger partial charge >= 0.3 is 0 Å². The number of hydrogen-bond donors (Lipinski definition) is 1. The molecule has 0 unspecified atom stereocenters. The number of amides is 1. The van der Waals surface area contributed by atoms with E-state index < -0.39 is 23.5 Å². The van der Waals surface area contributed by atoms with Crippen molar-refractivity contribution in [2.75, 3.05) is 13.2 Å². The average molecular weight is 328 g/mol. The summed E-state index contributed by atoms with van der Waals surface area (Å²) in [6, 6.07) is 0. The van der Waals surface area contributed by atoms with Crippen LogP contribution in [0.5, 0.6) is 0 Å². The lowest BCUT2D eigenvalue weighted by Crippen LogP contribution is -2.59. The van der Waals surface area contributed by atoms with E-state index in [9.17, 15) is 4.79 Å². The smallest absolute Gasteiger partial charge is 0.239 e. The molecular formula is C15H24N2O6. The van der Waals surface area contributed by atoms with E-state index in [2.05, 4.69) is 10.5 Å². The second-order valence-corrected chi connectivity index (χ2v) is 6.83. The minimum atomic E-state index is -1.17. The summed E-state index contributed by atoms with van der Waals surface area (Å²) < 4.78 is 29.3. The largest absolute Gasteiger partial charge is 0.344 e. The molecule has 1 amide bonds. The van der Waals surface area contributed by atoms with Crippen LogP contribution in [-0.4, -0.2) is 54.4 Å². The van der Waals surface area contributed by atoms with E-state index in [4.69, 9.17) is 23.7 Å². The Labute approximate surface area is 135 Å². The predicted octanol–water partition coefficient (Wildman–Crippen LogP) is 0.898. The van der Waals surface area contributed by atoms with Gasteiger partial charge in [-0.15, -0.1) is 0 Å². The molecule has 3 saturated heterocycles. The number of carbonyl (C=O) groups is 1. The Morgan fingerprint density at radius 2 is 1.96 bits per heavy atom. The molecular weight excluding hydrogens is 304 g/mol. The van der Waals surface area contributed by atoms with Crippen molar-refractivity contribution in [1.82, 2.24) is 5.43 Å². The van der Waals surface area contributed by atoms with E-state index in [0.29, 0.717) is 18.7 Å². The van der Waals surface area contributed by atoms with Crippen LogP contribution in [0.2, 0.25) is 0 Å². The highest BCUT2D eigenvalue weighted by molar-refractivity contribution is 5.97. The van der Waals surface area contributed by atoms with Crippen molar-refractivity contribution in [3.8, 4) is 0 Å². The summed E-state index contributed by atoms with van der Waals surface area (Å²) in [7, 11) is 0. The van der Waals surface area contributed by atoms with E-state index in [1.165, 1.54) is 0 Å². The molecule has 0 saturated carbocycles. The fourth-order valence-corrected chi connectivity index (χ4v) is 2.97. The maximum atomic E-state index is 11.6. The lowest BCUT2D eigenvalue weighted by molar-refractivity contribution is -0.236. The summed E-state index contributed by atoms with van der Waals surface area (Å²) in [5.41, 5.74) is 2.96. The van der Waals surface area contributed by atoms with Crippen molar-refractivity contribution in [2.45, 2.75) is 70.6 Å². The second-order valence-electron chi connectivity index (χ2n) is 6.83. The highest BCUT2D eigenvalue weighted by Gasteiger charge is 2.61. The number of ether oxygens (including phenoxy) is 5. The molecule has 23 heavy (non-hydrogen) atoms. The summed E-state index contributed by atoms with van der Waals surface area (Å²) in [6.07, 6.45) is -0.446. The molecule has 0 aromatic heterocycles. The van der Waals surface area contributed by atoms with Crippen LogP contribution >= 0.6 is 0 Å². The maximum Gasteiger partial charge on any atom is 0.239 e. The van der Waals surface area contributed by atoms with Gasteiger partial charge in [0.2, 0.25) is 11.7 Å². The average Bonchev–Trinajstić information content (AvgIpc) is 2.93. The summed E-state index contributed by atoms with van der Waals surface area (Å²) in [5.74, 6) is -2.94. The van der Waals surface area contributed by atoms with Crippen LogP contribution in [-0.2, 0) is 28.5 Å². The Morgan fingerprint density at radius 1 is 1.22 bits per heavy atom. The zero-order valence-electron chi connectivity index (χ0n) is 14.2. The van der Waals surface area contributed by atoms with Crippen molar-refractivity contribution in [1.29, 1.82) is 0 Å². The Hall–Kier alpha value is -1.06. The maximum absolute atomic E-state index is 11.6. The molecule has 3 aliphatic rings. The molecule has 8 nitrogen and oxygen atoms in total. The van der Waals surface area contributed by atoms with E-state index in [1.54, 1.807) is 20.8 Å². The SMILES string of the molecule is CCC(=O)N/N=C1/[C@@H]2OC(C)(C)O[C@@H]2CO[C@@]12COC(C)(C)O2. The highest BCUT2D eigenvalue weighted by atomic mass is 16.8. The van der Waals surface area contributed by atoms with Gasteiger partial charge in [0.05, 0.1) is 6.61 Å². The Bertz CT molecular complexity index is 530. The van der Waals surface area contributed by atoms with Crippen LogP contribution in [0.15, 0.2) is 5.10 Å². The molecule has 3 atom stereocenters. The zero-order chi connectivity index (χ0) is 16.9. The number of nitrogens with one attached hydrogen (secondary N) is 1. The molecule has 3 heterocycles. The first-order valence-corrected chi connectivity index (χ1v) is 7.87. The fourth-order valence-electron chi connectivity index (χ4n) is 2.97. The molecule has 3 aliphatic heterocycles. The van der Waals surface area contributed by atoms with E-state index >= 15 is 0 Å². The lowest BCUT2D eigenvalue weighted by atomic mass is 9.98. The van der Waals surface area contributed by atoms with Crippen LogP contribution < -0.4 is 5.43 Å². The third-order valence-electron chi connectivity index (χ3n) is 3.97. The first kappa shape index (κ1) is 16.8. The lowest BCUT2D eigenvalue weighted by Gasteiger charge is -2.38. The van der Waals surface area contributed by atoms with Gasteiger partial charge in [0, 0.05) is 6.42 Å². The van der Waals surface area contributed by atoms with E-state index in [1.807, 2.05) is 13.8 Å². The van der Waals surface area contributed by atoms with Gasteiger partial charge in [-0.1, -0.05) is 6.92 Å². The molecule has 130 valence electrons. The van der Waals surface area contributed by atoms with E-state index in [0.717, 1.165) is 0 Å². The van der Waals surface area contributed by atoms with Crippen molar-refractivity contribution >= 4 is 11.6 Å². The van der Waals surface area contributed by atoms with Gasteiger partial charge in [0.25, 0.3) is 0 Å².